The first-order chi connectivity index (χ1) is 13.6. The van der Waals surface area contributed by atoms with E-state index in [1.165, 1.54) is 5.56 Å². The van der Waals surface area contributed by atoms with Gasteiger partial charge in [0.15, 0.2) is 5.58 Å². The lowest BCUT2D eigenvalue weighted by atomic mass is 10.1. The molecule has 0 unspecified atom stereocenters. The third-order valence-electron chi connectivity index (χ3n) is 4.80. The highest BCUT2D eigenvalue weighted by molar-refractivity contribution is 6.30. The van der Waals surface area contributed by atoms with Gasteiger partial charge >= 0.3 is 0 Å². The molecule has 0 radical (unpaired) electrons. The average Bonchev–Trinajstić information content (AvgIpc) is 3.26. The number of halogens is 1. The number of benzene rings is 2. The molecule has 2 aromatic heterocycles. The molecule has 0 fully saturated rings. The third kappa shape index (κ3) is 3.97. The fourth-order valence-corrected chi connectivity index (χ4v) is 3.53. The Morgan fingerprint density at radius 3 is 2.68 bits per heavy atom. The predicted molar refractivity (Wildman–Crippen MR) is 112 cm³/mol. The van der Waals surface area contributed by atoms with Crippen molar-refractivity contribution in [2.45, 2.75) is 19.9 Å². The summed E-state index contributed by atoms with van der Waals surface area (Å²) in [4.78, 5) is 12.8. The minimum Gasteiger partial charge on any atom is -0.463 e. The Balaban J connectivity index is 1.51. The molecule has 0 spiro atoms. The standard InChI is InChI=1S/C23H21ClN2O2/c1-16-5-7-18(8-6-16)15-26-20-10-12-28-22(20)14-21(26)23(27)25-11-9-17-3-2-4-19(24)13-17/h2-8,10,12-14H,9,11,15H2,1H3,(H,25,27). The van der Waals surface area contributed by atoms with Crippen LogP contribution >= 0.6 is 11.6 Å². The van der Waals surface area contributed by atoms with Crippen molar-refractivity contribution in [3.63, 3.8) is 0 Å². The van der Waals surface area contributed by atoms with Crippen LogP contribution in [-0.4, -0.2) is 17.0 Å². The Labute approximate surface area is 168 Å². The van der Waals surface area contributed by atoms with E-state index in [4.69, 9.17) is 16.0 Å². The number of nitrogens with one attached hydrogen (secondary N) is 1. The molecule has 0 aliphatic carbocycles. The number of aryl methyl sites for hydroxylation is 1. The fourth-order valence-electron chi connectivity index (χ4n) is 3.32. The van der Waals surface area contributed by atoms with Crippen molar-refractivity contribution >= 4 is 28.6 Å². The maximum absolute atomic E-state index is 12.8. The molecule has 0 saturated heterocycles. The summed E-state index contributed by atoms with van der Waals surface area (Å²) < 4.78 is 7.52. The van der Waals surface area contributed by atoms with Crippen molar-refractivity contribution in [3.8, 4) is 0 Å². The van der Waals surface area contributed by atoms with E-state index >= 15 is 0 Å². The number of hydrogen-bond donors (Lipinski definition) is 1. The molecule has 2 aromatic carbocycles. The maximum Gasteiger partial charge on any atom is 0.268 e. The Morgan fingerprint density at radius 1 is 1.07 bits per heavy atom. The largest absolute Gasteiger partial charge is 0.463 e. The Morgan fingerprint density at radius 2 is 1.89 bits per heavy atom. The summed E-state index contributed by atoms with van der Waals surface area (Å²) in [5.74, 6) is -0.111. The van der Waals surface area contributed by atoms with Gasteiger partial charge in [0.2, 0.25) is 0 Å². The van der Waals surface area contributed by atoms with Crippen LogP contribution in [0.1, 0.15) is 27.2 Å². The lowest BCUT2D eigenvalue weighted by Gasteiger charge is -2.11. The average molecular weight is 393 g/mol. The van der Waals surface area contributed by atoms with Gasteiger partial charge in [0.05, 0.1) is 11.8 Å². The van der Waals surface area contributed by atoms with Crippen LogP contribution < -0.4 is 5.32 Å². The highest BCUT2D eigenvalue weighted by Crippen LogP contribution is 2.23. The van der Waals surface area contributed by atoms with E-state index in [1.54, 1.807) is 12.3 Å². The fraction of sp³-hybridized carbons (Fsp3) is 0.174. The van der Waals surface area contributed by atoms with Gasteiger partial charge in [-0.1, -0.05) is 53.6 Å². The van der Waals surface area contributed by atoms with Gasteiger partial charge in [-0.05, 0) is 36.6 Å². The van der Waals surface area contributed by atoms with Crippen LogP contribution in [0.5, 0.6) is 0 Å². The first kappa shape index (κ1) is 18.4. The smallest absolute Gasteiger partial charge is 0.268 e. The van der Waals surface area contributed by atoms with Gasteiger partial charge in [-0.3, -0.25) is 4.79 Å². The molecule has 2 heterocycles. The van der Waals surface area contributed by atoms with Crippen molar-refractivity contribution in [1.82, 2.24) is 9.88 Å². The van der Waals surface area contributed by atoms with Crippen LogP contribution in [0.15, 0.2) is 71.3 Å². The molecule has 0 aliphatic rings. The zero-order chi connectivity index (χ0) is 19.5. The van der Waals surface area contributed by atoms with Gasteiger partial charge in [0, 0.05) is 30.2 Å². The monoisotopic (exact) mass is 392 g/mol. The minimum absolute atomic E-state index is 0.111. The van der Waals surface area contributed by atoms with Crippen LogP contribution in [0.4, 0.5) is 0 Å². The Hall–Kier alpha value is -2.98. The second kappa shape index (κ2) is 7.95. The molecule has 4 rings (SSSR count). The SMILES string of the molecule is Cc1ccc(Cn2c(C(=O)NCCc3cccc(Cl)c3)cc3occc32)cc1. The van der Waals surface area contributed by atoms with Crippen molar-refractivity contribution < 1.29 is 9.21 Å². The minimum atomic E-state index is -0.111. The molecule has 0 saturated carbocycles. The molecule has 0 bridgehead atoms. The highest BCUT2D eigenvalue weighted by Gasteiger charge is 2.17. The maximum atomic E-state index is 12.8. The molecular formula is C23H21ClN2O2. The second-order valence-corrected chi connectivity index (χ2v) is 7.34. The second-order valence-electron chi connectivity index (χ2n) is 6.91. The van der Waals surface area contributed by atoms with E-state index in [0.29, 0.717) is 29.4 Å². The molecule has 142 valence electrons. The number of furan rings is 1. The van der Waals surface area contributed by atoms with E-state index < -0.39 is 0 Å². The number of hydrogen-bond acceptors (Lipinski definition) is 2. The highest BCUT2D eigenvalue weighted by atomic mass is 35.5. The molecule has 0 atom stereocenters. The molecule has 1 N–H and O–H groups in total. The summed E-state index contributed by atoms with van der Waals surface area (Å²) in [6.45, 7) is 3.21. The van der Waals surface area contributed by atoms with Gasteiger partial charge in [-0.2, -0.15) is 0 Å². The molecule has 0 aliphatic heterocycles. The Bertz CT molecular complexity index is 1110. The number of carbonyl (C=O) groups excluding carboxylic acids is 1. The van der Waals surface area contributed by atoms with E-state index in [-0.39, 0.29) is 5.91 Å². The number of nitrogens with zero attached hydrogens (tertiary/aromatic N) is 1. The van der Waals surface area contributed by atoms with Crippen molar-refractivity contribution in [2.75, 3.05) is 6.54 Å². The summed E-state index contributed by atoms with van der Waals surface area (Å²) in [7, 11) is 0. The molecule has 28 heavy (non-hydrogen) atoms. The van der Waals surface area contributed by atoms with E-state index in [2.05, 4.69) is 36.5 Å². The van der Waals surface area contributed by atoms with Crippen molar-refractivity contribution in [3.05, 3.63) is 94.3 Å². The summed E-state index contributed by atoms with van der Waals surface area (Å²) in [5.41, 5.74) is 5.67. The number of carbonyl (C=O) groups is 1. The van der Waals surface area contributed by atoms with Gasteiger partial charge in [0.1, 0.15) is 5.69 Å². The van der Waals surface area contributed by atoms with Crippen molar-refractivity contribution in [1.29, 1.82) is 0 Å². The predicted octanol–water partition coefficient (Wildman–Crippen LogP) is 5.22. The summed E-state index contributed by atoms with van der Waals surface area (Å²) >= 11 is 6.02. The van der Waals surface area contributed by atoms with E-state index in [9.17, 15) is 4.79 Å². The molecule has 4 aromatic rings. The van der Waals surface area contributed by atoms with Crippen LogP contribution in [0.2, 0.25) is 5.02 Å². The molecular weight excluding hydrogens is 372 g/mol. The normalized spacial score (nSPS) is 11.1. The van der Waals surface area contributed by atoms with Gasteiger partial charge in [0.25, 0.3) is 5.91 Å². The zero-order valence-corrected chi connectivity index (χ0v) is 16.4. The number of amides is 1. The number of aromatic nitrogens is 1. The summed E-state index contributed by atoms with van der Waals surface area (Å²) in [5, 5.41) is 3.71. The van der Waals surface area contributed by atoms with Gasteiger partial charge in [-0.25, -0.2) is 0 Å². The number of fused-ring (bicyclic) bond motifs is 1. The molecule has 5 heteroatoms. The van der Waals surface area contributed by atoms with E-state index in [1.807, 2.05) is 34.9 Å². The lowest BCUT2D eigenvalue weighted by Crippen LogP contribution is -2.28. The van der Waals surface area contributed by atoms with E-state index in [0.717, 1.165) is 23.1 Å². The molecule has 4 nitrogen and oxygen atoms in total. The van der Waals surface area contributed by atoms with Crippen LogP contribution in [0.25, 0.3) is 11.1 Å². The van der Waals surface area contributed by atoms with Crippen LogP contribution in [-0.2, 0) is 13.0 Å². The number of rotatable bonds is 6. The zero-order valence-electron chi connectivity index (χ0n) is 15.6. The lowest BCUT2D eigenvalue weighted by molar-refractivity contribution is 0.0945. The summed E-state index contributed by atoms with van der Waals surface area (Å²) in [6, 6.07) is 19.7. The first-order valence-electron chi connectivity index (χ1n) is 9.25. The first-order valence-corrected chi connectivity index (χ1v) is 9.63. The van der Waals surface area contributed by atoms with Gasteiger partial charge in [-0.15, -0.1) is 0 Å². The van der Waals surface area contributed by atoms with Gasteiger partial charge < -0.3 is 14.3 Å². The van der Waals surface area contributed by atoms with Crippen molar-refractivity contribution in [2.24, 2.45) is 0 Å². The molecule has 1 amide bonds. The van der Waals surface area contributed by atoms with Crippen LogP contribution in [0.3, 0.4) is 0 Å². The summed E-state index contributed by atoms with van der Waals surface area (Å²) in [6.07, 6.45) is 2.37. The topological polar surface area (TPSA) is 47.2 Å². The third-order valence-corrected chi connectivity index (χ3v) is 5.04. The van der Waals surface area contributed by atoms with Crippen LogP contribution in [0, 0.1) is 6.92 Å². The quantitative estimate of drug-likeness (QED) is 0.489. The Kier molecular flexibility index (Phi) is 5.22.